The molecule has 12 heteroatoms. The number of nitrogens with zero attached hydrogens (tertiary/aromatic N) is 3. The number of ether oxygens (including phenoxy) is 1. The van der Waals surface area contributed by atoms with Gasteiger partial charge in [0.05, 0.1) is 24.9 Å². The molecule has 0 unspecified atom stereocenters. The Hall–Kier alpha value is -4.97. The Labute approximate surface area is 245 Å². The molecule has 2 aromatic heterocycles. The van der Waals surface area contributed by atoms with Crippen LogP contribution in [0.1, 0.15) is 22.3 Å². The highest BCUT2D eigenvalue weighted by Crippen LogP contribution is 2.29. The van der Waals surface area contributed by atoms with Gasteiger partial charge in [-0.15, -0.1) is 0 Å². The average molecular weight is 606 g/mol. The molecule has 2 heterocycles. The van der Waals surface area contributed by atoms with Crippen molar-refractivity contribution in [3.05, 3.63) is 126 Å². The third-order valence-electron chi connectivity index (χ3n) is 7.17. The van der Waals surface area contributed by atoms with Crippen LogP contribution in [0.5, 0.6) is 11.5 Å². The molecule has 10 nitrogen and oxygen atoms in total. The molecule has 0 saturated heterocycles. The topological polar surface area (TPSA) is 119 Å². The molecule has 0 N–H and O–H groups in total. The van der Waals surface area contributed by atoms with E-state index in [1.165, 1.54) is 45.3 Å². The molecular formula is C31H28FN3O7S. The quantitative estimate of drug-likeness (QED) is 0.259. The Morgan fingerprint density at radius 3 is 2.07 bits per heavy atom. The number of rotatable bonds is 7. The van der Waals surface area contributed by atoms with E-state index in [4.69, 9.17) is 8.92 Å². The zero-order chi connectivity index (χ0) is 31.2. The molecule has 5 rings (SSSR count). The summed E-state index contributed by atoms with van der Waals surface area (Å²) in [5, 5.41) is -0.386. The van der Waals surface area contributed by atoms with Crippen molar-refractivity contribution in [3.8, 4) is 17.2 Å². The van der Waals surface area contributed by atoms with E-state index < -0.39 is 38.5 Å². The smallest absolute Gasteiger partial charge is 0.339 e. The lowest BCUT2D eigenvalue weighted by Crippen LogP contribution is -2.42. The maximum atomic E-state index is 15.4. The molecule has 43 heavy (non-hydrogen) atoms. The largest absolute Gasteiger partial charge is 0.497 e. The summed E-state index contributed by atoms with van der Waals surface area (Å²) in [7, 11) is -1.74. The number of hydrogen-bond acceptors (Lipinski definition) is 7. The molecule has 222 valence electrons. The van der Waals surface area contributed by atoms with E-state index in [1.807, 2.05) is 0 Å². The third-order valence-corrected chi connectivity index (χ3v) is 8.41. The van der Waals surface area contributed by atoms with Crippen LogP contribution in [0.15, 0.2) is 86.0 Å². The van der Waals surface area contributed by atoms with Crippen LogP contribution in [-0.2, 0) is 23.7 Å². The lowest BCUT2D eigenvalue weighted by molar-refractivity contribution is 0.414. The Balaban J connectivity index is 1.90. The minimum atomic E-state index is -4.54. The van der Waals surface area contributed by atoms with Crippen molar-refractivity contribution in [2.75, 3.05) is 7.11 Å². The molecule has 0 radical (unpaired) electrons. The summed E-state index contributed by atoms with van der Waals surface area (Å²) < 4.78 is 55.7. The monoisotopic (exact) mass is 605 g/mol. The van der Waals surface area contributed by atoms with Crippen LogP contribution in [0.25, 0.3) is 16.7 Å². The fourth-order valence-electron chi connectivity index (χ4n) is 4.82. The van der Waals surface area contributed by atoms with Gasteiger partial charge < -0.3 is 8.92 Å². The van der Waals surface area contributed by atoms with Crippen LogP contribution in [-0.4, -0.2) is 29.2 Å². The van der Waals surface area contributed by atoms with Gasteiger partial charge in [-0.2, -0.15) is 8.42 Å². The van der Waals surface area contributed by atoms with Crippen molar-refractivity contribution in [3.63, 3.8) is 0 Å². The second-order valence-electron chi connectivity index (χ2n) is 10.2. The molecule has 0 aliphatic carbocycles. The van der Waals surface area contributed by atoms with Gasteiger partial charge in [-0.05, 0) is 68.3 Å². The Kier molecular flexibility index (Phi) is 7.57. The summed E-state index contributed by atoms with van der Waals surface area (Å²) in [6, 6.07) is 16.5. The number of hydrogen-bond donors (Lipinski definition) is 0. The van der Waals surface area contributed by atoms with Gasteiger partial charge in [0.2, 0.25) is 0 Å². The Morgan fingerprint density at radius 1 is 0.837 bits per heavy atom. The van der Waals surface area contributed by atoms with Crippen molar-refractivity contribution >= 4 is 21.2 Å². The minimum Gasteiger partial charge on any atom is -0.497 e. The normalized spacial score (nSPS) is 11.6. The highest BCUT2D eigenvalue weighted by atomic mass is 32.2. The maximum absolute atomic E-state index is 15.4. The van der Waals surface area contributed by atoms with E-state index in [-0.39, 0.29) is 33.7 Å². The lowest BCUT2D eigenvalue weighted by atomic mass is 10.1. The Morgan fingerprint density at radius 2 is 1.47 bits per heavy atom. The first-order valence-electron chi connectivity index (χ1n) is 13.1. The zero-order valence-electron chi connectivity index (χ0n) is 24.0. The van der Waals surface area contributed by atoms with Gasteiger partial charge in [-0.25, -0.2) is 13.8 Å². The SMILES string of the molecule is COc1ccc(Cn2c(=O)c3c(OS(=O)(=O)c4ccc(C)cc4)c(C)c(=O)n(C)c3n(-c3ccc(C)cc3F)c2=O)cc1. The van der Waals surface area contributed by atoms with E-state index in [9.17, 15) is 22.8 Å². The molecule has 0 saturated carbocycles. The molecule has 5 aromatic rings. The van der Waals surface area contributed by atoms with Gasteiger partial charge in [-0.1, -0.05) is 35.9 Å². The fourth-order valence-corrected chi connectivity index (χ4v) is 5.81. The summed E-state index contributed by atoms with van der Waals surface area (Å²) in [5.74, 6) is -0.786. The number of methoxy groups -OCH3 is 1. The summed E-state index contributed by atoms with van der Waals surface area (Å²) in [4.78, 5) is 41.4. The number of aryl methyl sites for hydroxylation is 3. The molecular weight excluding hydrogens is 577 g/mol. The van der Waals surface area contributed by atoms with Crippen LogP contribution < -0.4 is 25.7 Å². The van der Waals surface area contributed by atoms with Crippen molar-refractivity contribution in [2.45, 2.75) is 32.2 Å². The van der Waals surface area contributed by atoms with E-state index in [0.29, 0.717) is 16.9 Å². The van der Waals surface area contributed by atoms with E-state index in [1.54, 1.807) is 56.3 Å². The molecule has 0 fully saturated rings. The van der Waals surface area contributed by atoms with Crippen LogP contribution in [0.2, 0.25) is 0 Å². The molecule has 0 atom stereocenters. The second-order valence-corrected chi connectivity index (χ2v) is 11.7. The predicted molar refractivity (Wildman–Crippen MR) is 160 cm³/mol. The van der Waals surface area contributed by atoms with Gasteiger partial charge >= 0.3 is 15.8 Å². The number of fused-ring (bicyclic) bond motifs is 1. The predicted octanol–water partition coefficient (Wildman–Crippen LogP) is 3.74. The molecule has 0 bridgehead atoms. The van der Waals surface area contributed by atoms with E-state index >= 15 is 4.39 Å². The number of pyridine rings is 1. The lowest BCUT2D eigenvalue weighted by Gasteiger charge is -2.20. The van der Waals surface area contributed by atoms with Crippen LogP contribution in [0, 0.1) is 26.6 Å². The minimum absolute atomic E-state index is 0.187. The molecule has 3 aromatic carbocycles. The standard InChI is InChI=1S/C31H28FN3O7S/c1-18-6-13-23(14-7-18)43(39,40)42-27-20(3)29(36)33(4)28-26(27)30(37)34(17-21-9-11-22(41-5)12-10-21)31(38)35(28)25-15-8-19(2)16-24(25)32/h6-16H,17H2,1-5H3. The molecule has 0 spiro atoms. The van der Waals surface area contributed by atoms with Gasteiger partial charge in [0.15, 0.2) is 5.75 Å². The van der Waals surface area contributed by atoms with E-state index in [0.717, 1.165) is 19.3 Å². The molecule has 0 aliphatic heterocycles. The number of halogens is 1. The maximum Gasteiger partial charge on any atom is 0.339 e. The first-order valence-corrected chi connectivity index (χ1v) is 14.5. The third kappa shape index (κ3) is 5.25. The summed E-state index contributed by atoms with van der Waals surface area (Å²) in [6.07, 6.45) is 0. The average Bonchev–Trinajstić information content (AvgIpc) is 2.97. The number of benzene rings is 3. The zero-order valence-corrected chi connectivity index (χ0v) is 24.9. The van der Waals surface area contributed by atoms with Crippen molar-refractivity contribution < 1.29 is 21.7 Å². The second kappa shape index (κ2) is 11.0. The molecule has 0 amide bonds. The van der Waals surface area contributed by atoms with Crippen molar-refractivity contribution in [1.82, 2.24) is 13.7 Å². The van der Waals surface area contributed by atoms with Gasteiger partial charge in [-0.3, -0.25) is 18.7 Å². The van der Waals surface area contributed by atoms with Crippen LogP contribution >= 0.6 is 0 Å². The van der Waals surface area contributed by atoms with Gasteiger partial charge in [0, 0.05) is 7.05 Å². The first-order chi connectivity index (χ1) is 20.3. The Bertz CT molecular complexity index is 2180. The van der Waals surface area contributed by atoms with Gasteiger partial charge in [0.1, 0.15) is 27.5 Å². The van der Waals surface area contributed by atoms with Crippen LogP contribution in [0.4, 0.5) is 4.39 Å². The summed E-state index contributed by atoms with van der Waals surface area (Å²) in [5.41, 5.74) is -1.45. The fraction of sp³-hybridized carbons (Fsp3) is 0.194. The molecule has 0 aliphatic rings. The summed E-state index contributed by atoms with van der Waals surface area (Å²) >= 11 is 0. The van der Waals surface area contributed by atoms with Crippen molar-refractivity contribution in [1.29, 1.82) is 0 Å². The number of aromatic nitrogens is 3. The highest BCUT2D eigenvalue weighted by molar-refractivity contribution is 7.87. The van der Waals surface area contributed by atoms with Gasteiger partial charge in [0.25, 0.3) is 11.1 Å². The van der Waals surface area contributed by atoms with E-state index in [2.05, 4.69) is 0 Å². The summed E-state index contributed by atoms with van der Waals surface area (Å²) in [6.45, 7) is 4.51. The van der Waals surface area contributed by atoms with Crippen molar-refractivity contribution in [2.24, 2.45) is 7.05 Å². The van der Waals surface area contributed by atoms with Crippen LogP contribution in [0.3, 0.4) is 0 Å². The first kappa shape index (κ1) is 29.5. The highest BCUT2D eigenvalue weighted by Gasteiger charge is 2.28.